The van der Waals surface area contributed by atoms with Gasteiger partial charge in [-0.25, -0.2) is 13.6 Å². The summed E-state index contributed by atoms with van der Waals surface area (Å²) in [5.41, 5.74) is 0.246. The van der Waals surface area contributed by atoms with Crippen molar-refractivity contribution in [3.63, 3.8) is 0 Å². The summed E-state index contributed by atoms with van der Waals surface area (Å²) in [6.07, 6.45) is 0. The van der Waals surface area contributed by atoms with Crippen LogP contribution in [0, 0.1) is 11.6 Å². The molecule has 0 aromatic heterocycles. The molecule has 2 N–H and O–H groups in total. The summed E-state index contributed by atoms with van der Waals surface area (Å²) in [6.45, 7) is 0.527. The van der Waals surface area contributed by atoms with E-state index in [1.165, 1.54) is 41.3 Å². The predicted molar refractivity (Wildman–Crippen MR) is 108 cm³/mol. The lowest BCUT2D eigenvalue weighted by Gasteiger charge is -2.24. The van der Waals surface area contributed by atoms with Crippen LogP contribution in [0.15, 0.2) is 65.6 Å². The molecule has 1 aliphatic heterocycles. The van der Waals surface area contributed by atoms with Gasteiger partial charge in [0.05, 0.1) is 10.6 Å². The second kappa shape index (κ2) is 7.51. The number of anilines is 1. The first kappa shape index (κ1) is 20.0. The van der Waals surface area contributed by atoms with Gasteiger partial charge in [-0.15, -0.1) is 0 Å². The second-order valence-corrected chi connectivity index (χ2v) is 8.11. The molecule has 4 rings (SSSR count). The van der Waals surface area contributed by atoms with Crippen LogP contribution in [0.25, 0.3) is 22.3 Å². The maximum Gasteiger partial charge on any atom is 0.322 e. The van der Waals surface area contributed by atoms with E-state index in [0.29, 0.717) is 6.54 Å². The van der Waals surface area contributed by atoms with Crippen molar-refractivity contribution < 1.29 is 26.5 Å². The third kappa shape index (κ3) is 3.53. The molecule has 9 heteroatoms. The minimum absolute atomic E-state index is 0.00953. The van der Waals surface area contributed by atoms with E-state index in [4.69, 9.17) is 0 Å². The smallest absolute Gasteiger partial charge is 0.322 e. The van der Waals surface area contributed by atoms with Crippen molar-refractivity contribution in [2.45, 2.75) is 4.90 Å². The van der Waals surface area contributed by atoms with Crippen LogP contribution in [0.3, 0.4) is 0 Å². The van der Waals surface area contributed by atoms with E-state index < -0.39 is 32.7 Å². The number of benzene rings is 3. The summed E-state index contributed by atoms with van der Waals surface area (Å²) in [5.74, 6) is -1.32. The first-order chi connectivity index (χ1) is 14.3. The van der Waals surface area contributed by atoms with Gasteiger partial charge in [0, 0.05) is 35.3 Å². The number of halogens is 2. The lowest BCUT2D eigenvalue weighted by atomic mass is 9.94. The molecule has 30 heavy (non-hydrogen) atoms. The second-order valence-electron chi connectivity index (χ2n) is 6.69. The van der Waals surface area contributed by atoms with E-state index in [2.05, 4.69) is 5.32 Å². The Morgan fingerprint density at radius 3 is 1.77 bits per heavy atom. The van der Waals surface area contributed by atoms with Gasteiger partial charge >= 0.3 is 6.03 Å². The summed E-state index contributed by atoms with van der Waals surface area (Å²) in [5, 5.41) is 2.63. The first-order valence-electron chi connectivity index (χ1n) is 8.98. The Labute approximate surface area is 171 Å². The maximum absolute atomic E-state index is 14.7. The molecule has 1 saturated heterocycles. The fourth-order valence-corrected chi connectivity index (χ4v) is 4.04. The normalized spacial score (nSPS) is 14.1. The number of amides is 2. The topological polar surface area (TPSA) is 86.7 Å². The zero-order valence-electron chi connectivity index (χ0n) is 15.5. The molecule has 0 spiro atoms. The Bertz CT molecular complexity index is 1190. The van der Waals surface area contributed by atoms with Gasteiger partial charge in [-0.3, -0.25) is 9.45 Å². The van der Waals surface area contributed by atoms with Gasteiger partial charge in [0.1, 0.15) is 11.6 Å². The van der Waals surface area contributed by atoms with E-state index in [1.807, 2.05) is 0 Å². The number of carbonyl (C=O) groups excluding carboxylic acids is 1. The number of carbonyl (C=O) groups is 1. The molecule has 2 amide bonds. The minimum Gasteiger partial charge on any atom is -0.336 e. The van der Waals surface area contributed by atoms with Crippen molar-refractivity contribution >= 4 is 21.8 Å². The van der Waals surface area contributed by atoms with Crippen molar-refractivity contribution in [3.8, 4) is 22.3 Å². The van der Waals surface area contributed by atoms with E-state index in [0.717, 1.165) is 12.1 Å². The van der Waals surface area contributed by atoms with Gasteiger partial charge < -0.3 is 5.32 Å². The highest BCUT2D eigenvalue weighted by Gasteiger charge is 2.30. The lowest BCUT2D eigenvalue weighted by molar-refractivity contribution is 0.252. The van der Waals surface area contributed by atoms with Crippen LogP contribution in [0.1, 0.15) is 0 Å². The largest absolute Gasteiger partial charge is 0.336 e. The van der Waals surface area contributed by atoms with Gasteiger partial charge in [0.25, 0.3) is 10.1 Å². The SMILES string of the molecule is O=C1NCCN1c1c(-c2ccccc2F)cc(S(=O)(=O)O)cc1-c1ccccc1F. The monoisotopic (exact) mass is 430 g/mol. The summed E-state index contributed by atoms with van der Waals surface area (Å²) in [6, 6.07) is 12.9. The van der Waals surface area contributed by atoms with Crippen LogP contribution in [0.5, 0.6) is 0 Å². The summed E-state index contributed by atoms with van der Waals surface area (Å²) < 4.78 is 62.9. The highest BCUT2D eigenvalue weighted by molar-refractivity contribution is 7.85. The standard InChI is InChI=1S/C21H16F2N2O4S/c22-18-7-3-1-5-14(18)16-11-13(30(27,28)29)12-17(15-6-2-4-8-19(15)23)20(16)25-10-9-24-21(25)26/h1-8,11-12H,9-10H2,(H,24,26)(H,27,28,29). The fraction of sp³-hybridized carbons (Fsp3) is 0.0952. The van der Waals surface area contributed by atoms with E-state index in [1.54, 1.807) is 12.1 Å². The van der Waals surface area contributed by atoms with E-state index >= 15 is 0 Å². The Morgan fingerprint density at radius 2 is 1.37 bits per heavy atom. The van der Waals surface area contributed by atoms with Crippen LogP contribution in [0.4, 0.5) is 19.3 Å². The molecule has 0 bridgehead atoms. The van der Waals surface area contributed by atoms with Crippen molar-refractivity contribution in [2.24, 2.45) is 0 Å². The number of rotatable bonds is 4. The van der Waals surface area contributed by atoms with Crippen molar-refractivity contribution in [3.05, 3.63) is 72.3 Å². The van der Waals surface area contributed by atoms with E-state index in [9.17, 15) is 26.5 Å². The summed E-state index contributed by atoms with van der Waals surface area (Å²) >= 11 is 0. The quantitative estimate of drug-likeness (QED) is 0.611. The molecule has 0 aliphatic carbocycles. The van der Waals surface area contributed by atoms with Crippen molar-refractivity contribution in [1.29, 1.82) is 0 Å². The number of hydrogen-bond donors (Lipinski definition) is 2. The molecular weight excluding hydrogens is 414 g/mol. The molecule has 3 aromatic rings. The number of nitrogens with one attached hydrogen (secondary N) is 1. The van der Waals surface area contributed by atoms with E-state index in [-0.39, 0.29) is 34.5 Å². The molecule has 0 saturated carbocycles. The van der Waals surface area contributed by atoms with Gasteiger partial charge in [-0.2, -0.15) is 8.42 Å². The molecule has 1 aliphatic rings. The van der Waals surface area contributed by atoms with Gasteiger partial charge in [-0.05, 0) is 24.3 Å². The maximum atomic E-state index is 14.7. The average molecular weight is 430 g/mol. The Morgan fingerprint density at radius 1 is 0.867 bits per heavy atom. The Hall–Kier alpha value is -3.30. The number of nitrogens with zero attached hydrogens (tertiary/aromatic N) is 1. The van der Waals surface area contributed by atoms with Gasteiger partial charge in [-0.1, -0.05) is 36.4 Å². The molecule has 1 fully saturated rings. The Balaban J connectivity index is 2.15. The third-order valence-corrected chi connectivity index (χ3v) is 5.67. The molecule has 1 heterocycles. The fourth-order valence-electron chi connectivity index (χ4n) is 3.50. The third-order valence-electron chi connectivity index (χ3n) is 4.84. The molecule has 3 aromatic carbocycles. The van der Waals surface area contributed by atoms with Crippen LogP contribution in [-0.4, -0.2) is 32.1 Å². The molecule has 6 nitrogen and oxygen atoms in total. The number of urea groups is 1. The van der Waals surface area contributed by atoms with Crippen molar-refractivity contribution in [2.75, 3.05) is 18.0 Å². The van der Waals surface area contributed by atoms with Gasteiger partial charge in [0.2, 0.25) is 0 Å². The molecule has 154 valence electrons. The van der Waals surface area contributed by atoms with Crippen LogP contribution in [0.2, 0.25) is 0 Å². The molecule has 0 unspecified atom stereocenters. The van der Waals surface area contributed by atoms with Crippen LogP contribution in [-0.2, 0) is 10.1 Å². The number of hydrogen-bond acceptors (Lipinski definition) is 3. The minimum atomic E-state index is -4.71. The Kier molecular flexibility index (Phi) is 5.00. The lowest BCUT2D eigenvalue weighted by Crippen LogP contribution is -2.29. The first-order valence-corrected chi connectivity index (χ1v) is 10.4. The molecular formula is C21H16F2N2O4S. The van der Waals surface area contributed by atoms with Crippen LogP contribution < -0.4 is 10.2 Å². The summed E-state index contributed by atoms with van der Waals surface area (Å²) in [4.78, 5) is 13.2. The highest BCUT2D eigenvalue weighted by atomic mass is 32.2. The summed E-state index contributed by atoms with van der Waals surface area (Å²) in [7, 11) is -4.71. The van der Waals surface area contributed by atoms with Gasteiger partial charge in [0.15, 0.2) is 0 Å². The zero-order valence-corrected chi connectivity index (χ0v) is 16.3. The predicted octanol–water partition coefficient (Wildman–Crippen LogP) is 4.08. The van der Waals surface area contributed by atoms with Crippen LogP contribution >= 0.6 is 0 Å². The molecule has 0 atom stereocenters. The zero-order chi connectivity index (χ0) is 21.5. The van der Waals surface area contributed by atoms with Crippen molar-refractivity contribution in [1.82, 2.24) is 5.32 Å². The highest BCUT2D eigenvalue weighted by Crippen LogP contribution is 2.43. The average Bonchev–Trinajstić information content (AvgIpc) is 3.12. The molecule has 0 radical (unpaired) electrons.